The molecule has 0 bridgehead atoms. The zero-order valence-corrected chi connectivity index (χ0v) is 15.2. The first-order valence-electron chi connectivity index (χ1n) is 8.32. The van der Waals surface area contributed by atoms with Crippen molar-refractivity contribution >= 4 is 21.9 Å². The van der Waals surface area contributed by atoms with E-state index in [2.05, 4.69) is 16.8 Å². The predicted octanol–water partition coefficient (Wildman–Crippen LogP) is 2.49. The number of nitrogens with zero attached hydrogens (tertiary/aromatic N) is 2. The van der Waals surface area contributed by atoms with Gasteiger partial charge in [-0.2, -0.15) is 0 Å². The predicted molar refractivity (Wildman–Crippen MR) is 96.8 cm³/mol. The highest BCUT2D eigenvalue weighted by atomic mass is 32.2. The monoisotopic (exact) mass is 354 g/mol. The van der Waals surface area contributed by atoms with E-state index in [0.717, 1.165) is 30.7 Å². The molecule has 0 spiro atoms. The fraction of sp³-hybridized carbons (Fsp3) is 0.588. The second-order valence-corrected chi connectivity index (χ2v) is 8.13. The van der Waals surface area contributed by atoms with E-state index in [1.165, 1.54) is 6.40 Å². The Morgan fingerprint density at radius 1 is 1.25 bits per heavy atom. The van der Waals surface area contributed by atoms with Gasteiger partial charge in [-0.05, 0) is 30.7 Å². The Balaban J connectivity index is 1.95. The Bertz CT molecular complexity index is 614. The van der Waals surface area contributed by atoms with Crippen LogP contribution in [0, 0.1) is 0 Å². The van der Waals surface area contributed by atoms with E-state index >= 15 is 0 Å². The molecule has 2 rings (SSSR count). The number of ether oxygens (including phenoxy) is 2. The molecule has 1 aliphatic heterocycles. The molecule has 0 amide bonds. The number of unbranched alkanes of at least 4 members (excludes halogenated alkanes) is 1. The van der Waals surface area contributed by atoms with Gasteiger partial charge in [0, 0.05) is 32.2 Å². The summed E-state index contributed by atoms with van der Waals surface area (Å²) in [5.74, 6) is 1.16. The van der Waals surface area contributed by atoms with Gasteiger partial charge in [-0.1, -0.05) is 13.3 Å². The minimum absolute atomic E-state index is 0.217. The molecule has 0 N–H and O–H groups in total. The van der Waals surface area contributed by atoms with Crippen molar-refractivity contribution in [3.63, 3.8) is 0 Å². The van der Waals surface area contributed by atoms with Gasteiger partial charge >= 0.3 is 0 Å². The van der Waals surface area contributed by atoms with Crippen LogP contribution in [0.3, 0.4) is 0 Å². The fourth-order valence-corrected chi connectivity index (χ4v) is 3.71. The lowest BCUT2D eigenvalue weighted by molar-refractivity contribution is -0.00692. The van der Waals surface area contributed by atoms with Crippen LogP contribution in [0.4, 0.5) is 5.69 Å². The number of hydrogen-bond donors (Lipinski definition) is 0. The van der Waals surface area contributed by atoms with Gasteiger partial charge in [0.15, 0.2) is 16.2 Å². The zero-order chi connectivity index (χ0) is 17.4. The Kier molecular flexibility index (Phi) is 6.90. The summed E-state index contributed by atoms with van der Waals surface area (Å²) in [6.07, 6.45) is 3.95. The molecule has 1 atom stereocenters. The number of aliphatic imine (C=N–C) groups is 1. The van der Waals surface area contributed by atoms with Crippen LogP contribution in [-0.4, -0.2) is 52.8 Å². The maximum absolute atomic E-state index is 11.5. The normalized spacial score (nSPS) is 18.5. The van der Waals surface area contributed by atoms with Gasteiger partial charge in [0.1, 0.15) is 5.75 Å². The van der Waals surface area contributed by atoms with E-state index in [1.54, 1.807) is 7.05 Å². The summed E-state index contributed by atoms with van der Waals surface area (Å²) in [6.45, 7) is 3.20. The lowest BCUT2D eigenvalue weighted by Gasteiger charge is -2.29. The molecule has 0 aromatic heterocycles. The molecule has 24 heavy (non-hydrogen) atoms. The molecular formula is C17H26N2O4S. The quantitative estimate of drug-likeness (QED) is 0.408. The van der Waals surface area contributed by atoms with Crippen LogP contribution < -0.4 is 9.64 Å². The summed E-state index contributed by atoms with van der Waals surface area (Å²) < 4.78 is 34.4. The third-order valence-corrected chi connectivity index (χ3v) is 5.53. The first kappa shape index (κ1) is 18.6. The van der Waals surface area contributed by atoms with E-state index in [0.29, 0.717) is 13.1 Å². The van der Waals surface area contributed by atoms with Gasteiger partial charge < -0.3 is 14.4 Å². The smallest absolute Gasteiger partial charge is 0.242 e. The van der Waals surface area contributed by atoms with E-state index < -0.39 is 9.84 Å². The average molecular weight is 354 g/mol. The molecular weight excluding hydrogens is 328 g/mol. The molecule has 1 fully saturated rings. The Morgan fingerprint density at radius 3 is 2.50 bits per heavy atom. The van der Waals surface area contributed by atoms with Crippen LogP contribution in [-0.2, 0) is 14.6 Å². The topological polar surface area (TPSA) is 68.2 Å². The molecule has 1 saturated heterocycles. The first-order chi connectivity index (χ1) is 11.5. The third-order valence-electron chi connectivity index (χ3n) is 3.93. The second-order valence-electron chi connectivity index (χ2n) is 5.82. The van der Waals surface area contributed by atoms with Gasteiger partial charge in [0.05, 0.1) is 11.5 Å². The Labute approximate surface area is 144 Å². The summed E-state index contributed by atoms with van der Waals surface area (Å²) in [6, 6.07) is 7.70. The summed E-state index contributed by atoms with van der Waals surface area (Å²) in [5.41, 5.74) is 1.01. The Morgan fingerprint density at radius 2 is 1.92 bits per heavy atom. The maximum Gasteiger partial charge on any atom is 0.242 e. The summed E-state index contributed by atoms with van der Waals surface area (Å²) in [5, 5.41) is 0. The number of rotatable bonds is 8. The largest absolute Gasteiger partial charge is 0.455 e. The van der Waals surface area contributed by atoms with Gasteiger partial charge in [-0.15, -0.1) is 0 Å². The molecule has 0 radical (unpaired) electrons. The van der Waals surface area contributed by atoms with Crippen LogP contribution in [0.15, 0.2) is 29.3 Å². The maximum atomic E-state index is 11.5. The molecule has 1 heterocycles. The molecule has 6 nitrogen and oxygen atoms in total. The minimum Gasteiger partial charge on any atom is -0.455 e. The van der Waals surface area contributed by atoms with Crippen molar-refractivity contribution in [2.24, 2.45) is 4.99 Å². The first-order valence-corrected chi connectivity index (χ1v) is 10.1. The summed E-state index contributed by atoms with van der Waals surface area (Å²) in [7, 11) is -1.20. The molecule has 0 saturated carbocycles. The molecule has 1 aliphatic rings. The summed E-state index contributed by atoms with van der Waals surface area (Å²) >= 11 is 0. The summed E-state index contributed by atoms with van der Waals surface area (Å²) in [4.78, 5) is 5.91. The van der Waals surface area contributed by atoms with Gasteiger partial charge in [0.2, 0.25) is 6.29 Å². The van der Waals surface area contributed by atoms with Crippen LogP contribution in [0.25, 0.3) is 0 Å². The highest BCUT2D eigenvalue weighted by Crippen LogP contribution is 2.22. The standard InChI is InChI=1S/C17H26N2O4S/c1-3-4-5-17(22-14-18-2)23-16-8-6-15(7-9-16)19-10-12-24(20,21)13-11-19/h6-9,14,17H,3-5,10-13H2,1-2H3/b18-14-. The number of sulfone groups is 1. The van der Waals surface area contributed by atoms with Crippen LogP contribution in [0.5, 0.6) is 5.75 Å². The lowest BCUT2D eigenvalue weighted by atomic mass is 10.2. The van der Waals surface area contributed by atoms with Crippen molar-refractivity contribution in [2.45, 2.75) is 32.5 Å². The second kappa shape index (κ2) is 8.92. The molecule has 1 aromatic rings. The van der Waals surface area contributed by atoms with Crippen molar-refractivity contribution in [3.8, 4) is 5.75 Å². The van der Waals surface area contributed by atoms with Gasteiger partial charge in [0.25, 0.3) is 0 Å². The van der Waals surface area contributed by atoms with Crippen molar-refractivity contribution in [2.75, 3.05) is 36.5 Å². The number of anilines is 1. The minimum atomic E-state index is -2.86. The van der Waals surface area contributed by atoms with Crippen LogP contribution in [0.2, 0.25) is 0 Å². The lowest BCUT2D eigenvalue weighted by Crippen LogP contribution is -2.40. The SMILES string of the molecule is CCCCC(O/C=N\C)Oc1ccc(N2CCS(=O)(=O)CC2)cc1. The third kappa shape index (κ3) is 5.70. The zero-order valence-electron chi connectivity index (χ0n) is 14.3. The van der Waals surface area contributed by atoms with Crippen molar-refractivity contribution in [3.05, 3.63) is 24.3 Å². The number of hydrogen-bond acceptors (Lipinski definition) is 6. The van der Waals surface area contributed by atoms with E-state index in [4.69, 9.17) is 9.47 Å². The molecule has 0 aliphatic carbocycles. The molecule has 7 heteroatoms. The van der Waals surface area contributed by atoms with Crippen molar-refractivity contribution in [1.29, 1.82) is 0 Å². The van der Waals surface area contributed by atoms with E-state index in [1.807, 2.05) is 24.3 Å². The van der Waals surface area contributed by atoms with Crippen molar-refractivity contribution in [1.82, 2.24) is 0 Å². The highest BCUT2D eigenvalue weighted by molar-refractivity contribution is 7.91. The number of benzene rings is 1. The fourth-order valence-electron chi connectivity index (χ4n) is 2.51. The van der Waals surface area contributed by atoms with E-state index in [9.17, 15) is 8.42 Å². The molecule has 1 aromatic carbocycles. The van der Waals surface area contributed by atoms with Gasteiger partial charge in [-0.3, -0.25) is 4.99 Å². The Hall–Kier alpha value is -1.76. The average Bonchev–Trinajstić information content (AvgIpc) is 2.58. The van der Waals surface area contributed by atoms with E-state index in [-0.39, 0.29) is 17.8 Å². The van der Waals surface area contributed by atoms with Crippen molar-refractivity contribution < 1.29 is 17.9 Å². The molecule has 134 valence electrons. The molecule has 1 unspecified atom stereocenters. The van der Waals surface area contributed by atoms with Gasteiger partial charge in [-0.25, -0.2) is 8.42 Å². The van der Waals surface area contributed by atoms with Crippen LogP contribution >= 0.6 is 0 Å². The highest BCUT2D eigenvalue weighted by Gasteiger charge is 2.21. The van der Waals surface area contributed by atoms with Crippen LogP contribution in [0.1, 0.15) is 26.2 Å².